The lowest BCUT2D eigenvalue weighted by Gasteiger charge is -2.26. The Kier molecular flexibility index (Phi) is 3.99. The number of alkyl halides is 1. The minimum Gasteiger partial charge on any atom is -0.352 e. The fraction of sp³-hybridized carbons (Fsp3) is 0.909. The van der Waals surface area contributed by atoms with Gasteiger partial charge in [0.05, 0.1) is 0 Å². The highest BCUT2D eigenvalue weighted by Crippen LogP contribution is 2.37. The Morgan fingerprint density at radius 2 is 1.86 bits per heavy atom. The Morgan fingerprint density at radius 1 is 1.36 bits per heavy atom. The molecule has 2 nitrogen and oxygen atoms in total. The second-order valence-electron chi connectivity index (χ2n) is 4.71. The molecule has 0 radical (unpaired) electrons. The van der Waals surface area contributed by atoms with Crippen LogP contribution in [0.5, 0.6) is 0 Å². The van der Waals surface area contributed by atoms with E-state index in [0.29, 0.717) is 4.83 Å². The van der Waals surface area contributed by atoms with E-state index in [-0.39, 0.29) is 17.4 Å². The van der Waals surface area contributed by atoms with Gasteiger partial charge in [0.1, 0.15) is 0 Å². The molecule has 1 saturated carbocycles. The molecule has 1 amide bonds. The van der Waals surface area contributed by atoms with Gasteiger partial charge in [-0.3, -0.25) is 4.79 Å². The first-order chi connectivity index (χ1) is 6.46. The van der Waals surface area contributed by atoms with Crippen LogP contribution >= 0.6 is 15.9 Å². The topological polar surface area (TPSA) is 29.1 Å². The molecule has 2 unspecified atom stereocenters. The van der Waals surface area contributed by atoms with Gasteiger partial charge in [0.25, 0.3) is 0 Å². The summed E-state index contributed by atoms with van der Waals surface area (Å²) < 4.78 is 0. The Labute approximate surface area is 95.0 Å². The molecule has 0 aromatic rings. The number of hydrogen-bond donors (Lipinski definition) is 1. The smallest absolute Gasteiger partial charge is 0.226 e. The molecular formula is C11H20BrNO. The van der Waals surface area contributed by atoms with Gasteiger partial charge in [-0.2, -0.15) is 0 Å². The molecule has 1 aliphatic rings. The molecule has 1 rings (SSSR count). The van der Waals surface area contributed by atoms with Crippen LogP contribution in [0.3, 0.4) is 0 Å². The lowest BCUT2D eigenvalue weighted by atomic mass is 9.87. The largest absolute Gasteiger partial charge is 0.352 e. The molecule has 2 atom stereocenters. The Hall–Kier alpha value is -0.0500. The summed E-state index contributed by atoms with van der Waals surface area (Å²) in [7, 11) is 0. The van der Waals surface area contributed by atoms with E-state index in [1.165, 1.54) is 12.8 Å². The highest BCUT2D eigenvalue weighted by molar-refractivity contribution is 9.09. The van der Waals surface area contributed by atoms with Crippen LogP contribution in [0.15, 0.2) is 0 Å². The molecular weight excluding hydrogens is 242 g/mol. The molecule has 1 N–H and O–H groups in total. The first kappa shape index (κ1) is 12.0. The van der Waals surface area contributed by atoms with E-state index in [0.717, 1.165) is 12.8 Å². The van der Waals surface area contributed by atoms with Gasteiger partial charge in [-0.1, -0.05) is 42.6 Å². The average molecular weight is 262 g/mol. The number of rotatable bonds is 3. The number of carbonyl (C=O) groups excluding carboxylic acids is 1. The summed E-state index contributed by atoms with van der Waals surface area (Å²) in [6.07, 6.45) is 4.48. The molecule has 1 aliphatic carbocycles. The second kappa shape index (κ2) is 4.65. The number of amides is 1. The lowest BCUT2D eigenvalue weighted by Crippen LogP contribution is -2.44. The zero-order valence-electron chi connectivity index (χ0n) is 9.27. The van der Waals surface area contributed by atoms with Gasteiger partial charge in [-0.05, 0) is 19.8 Å². The minimum absolute atomic E-state index is 0.101. The Bertz CT molecular complexity index is 209. The SMILES string of the molecule is CC(Br)C(C)NC(=O)C1(C)CCCC1. The highest BCUT2D eigenvalue weighted by Gasteiger charge is 2.36. The van der Waals surface area contributed by atoms with Crippen LogP contribution in [0, 0.1) is 5.41 Å². The van der Waals surface area contributed by atoms with E-state index in [4.69, 9.17) is 0 Å². The normalized spacial score (nSPS) is 24.3. The van der Waals surface area contributed by atoms with Crippen LogP contribution in [0.2, 0.25) is 0 Å². The molecule has 0 spiro atoms. The number of hydrogen-bond acceptors (Lipinski definition) is 1. The molecule has 0 saturated heterocycles. The maximum absolute atomic E-state index is 12.0. The average Bonchev–Trinajstić information content (AvgIpc) is 2.53. The van der Waals surface area contributed by atoms with Crippen LogP contribution < -0.4 is 5.32 Å². The van der Waals surface area contributed by atoms with Crippen molar-refractivity contribution in [3.8, 4) is 0 Å². The predicted molar refractivity (Wildman–Crippen MR) is 62.6 cm³/mol. The third kappa shape index (κ3) is 2.72. The summed E-state index contributed by atoms with van der Waals surface area (Å²) in [4.78, 5) is 12.3. The van der Waals surface area contributed by atoms with Crippen molar-refractivity contribution in [3.05, 3.63) is 0 Å². The fourth-order valence-corrected chi connectivity index (χ4v) is 2.01. The van der Waals surface area contributed by atoms with Crippen molar-refractivity contribution < 1.29 is 4.79 Å². The Morgan fingerprint density at radius 3 is 2.29 bits per heavy atom. The van der Waals surface area contributed by atoms with Crippen LogP contribution in [0.25, 0.3) is 0 Å². The molecule has 1 fully saturated rings. The van der Waals surface area contributed by atoms with E-state index in [1.54, 1.807) is 0 Å². The third-order valence-electron chi connectivity index (χ3n) is 3.30. The molecule has 0 aromatic heterocycles. The zero-order valence-corrected chi connectivity index (χ0v) is 10.9. The van der Waals surface area contributed by atoms with Crippen molar-refractivity contribution in [2.24, 2.45) is 5.41 Å². The van der Waals surface area contributed by atoms with Crippen molar-refractivity contribution in [1.29, 1.82) is 0 Å². The van der Waals surface area contributed by atoms with E-state index >= 15 is 0 Å². The fourth-order valence-electron chi connectivity index (χ4n) is 1.88. The number of carbonyl (C=O) groups is 1. The standard InChI is InChI=1S/C11H20BrNO/c1-8(12)9(2)13-10(14)11(3)6-4-5-7-11/h8-9H,4-7H2,1-3H3,(H,13,14). The summed E-state index contributed by atoms with van der Waals surface area (Å²) in [6.45, 7) is 6.18. The van der Waals surface area contributed by atoms with Crippen LogP contribution in [-0.2, 0) is 4.79 Å². The van der Waals surface area contributed by atoms with Gasteiger partial charge < -0.3 is 5.32 Å². The lowest BCUT2D eigenvalue weighted by molar-refractivity contribution is -0.130. The van der Waals surface area contributed by atoms with E-state index in [1.807, 2.05) is 6.92 Å². The summed E-state index contributed by atoms with van der Waals surface area (Å²) in [5.41, 5.74) is -0.101. The van der Waals surface area contributed by atoms with E-state index in [2.05, 4.69) is 35.1 Å². The van der Waals surface area contributed by atoms with Gasteiger partial charge >= 0.3 is 0 Å². The first-order valence-corrected chi connectivity index (χ1v) is 6.32. The Balaban J connectivity index is 2.49. The van der Waals surface area contributed by atoms with Crippen molar-refractivity contribution in [2.75, 3.05) is 0 Å². The first-order valence-electron chi connectivity index (χ1n) is 5.41. The highest BCUT2D eigenvalue weighted by atomic mass is 79.9. The molecule has 0 aliphatic heterocycles. The van der Waals surface area contributed by atoms with Gasteiger partial charge in [0.15, 0.2) is 0 Å². The van der Waals surface area contributed by atoms with E-state index < -0.39 is 0 Å². The van der Waals surface area contributed by atoms with Crippen LogP contribution in [0.1, 0.15) is 46.5 Å². The summed E-state index contributed by atoms with van der Waals surface area (Å²) in [5.74, 6) is 0.230. The summed E-state index contributed by atoms with van der Waals surface area (Å²) >= 11 is 3.48. The maximum atomic E-state index is 12.0. The molecule has 82 valence electrons. The summed E-state index contributed by atoms with van der Waals surface area (Å²) in [5, 5.41) is 3.08. The quantitative estimate of drug-likeness (QED) is 0.778. The van der Waals surface area contributed by atoms with Crippen molar-refractivity contribution in [1.82, 2.24) is 5.32 Å². The molecule has 3 heteroatoms. The number of nitrogens with one attached hydrogen (secondary N) is 1. The minimum atomic E-state index is -0.101. The van der Waals surface area contributed by atoms with Crippen molar-refractivity contribution in [2.45, 2.75) is 57.3 Å². The maximum Gasteiger partial charge on any atom is 0.226 e. The summed E-state index contributed by atoms with van der Waals surface area (Å²) in [6, 6.07) is 0.208. The monoisotopic (exact) mass is 261 g/mol. The number of halogens is 1. The molecule has 0 aromatic carbocycles. The zero-order chi connectivity index (χ0) is 10.8. The molecule has 0 bridgehead atoms. The van der Waals surface area contributed by atoms with Crippen LogP contribution in [-0.4, -0.2) is 16.8 Å². The van der Waals surface area contributed by atoms with Crippen LogP contribution in [0.4, 0.5) is 0 Å². The van der Waals surface area contributed by atoms with Gasteiger partial charge in [0, 0.05) is 16.3 Å². The van der Waals surface area contributed by atoms with Crippen molar-refractivity contribution >= 4 is 21.8 Å². The van der Waals surface area contributed by atoms with Gasteiger partial charge in [-0.25, -0.2) is 0 Å². The third-order valence-corrected chi connectivity index (χ3v) is 4.10. The van der Waals surface area contributed by atoms with Gasteiger partial charge in [0.2, 0.25) is 5.91 Å². The molecule has 0 heterocycles. The van der Waals surface area contributed by atoms with Gasteiger partial charge in [-0.15, -0.1) is 0 Å². The molecule has 14 heavy (non-hydrogen) atoms. The predicted octanol–water partition coefficient (Wildman–Crippen LogP) is 2.85. The van der Waals surface area contributed by atoms with Crippen molar-refractivity contribution in [3.63, 3.8) is 0 Å². The van der Waals surface area contributed by atoms with E-state index in [9.17, 15) is 4.79 Å². The second-order valence-corrected chi connectivity index (χ2v) is 6.15.